The number of hydrogen-bond acceptors (Lipinski definition) is 5. The van der Waals surface area contributed by atoms with Crippen molar-refractivity contribution in [2.45, 2.75) is 32.9 Å². The number of hydrogen-bond donors (Lipinski definition) is 0. The Hall–Kier alpha value is -1.37. The maximum absolute atomic E-state index is 13.0. The van der Waals surface area contributed by atoms with Gasteiger partial charge < -0.3 is 18.8 Å². The molecule has 134 valence electrons. The van der Waals surface area contributed by atoms with Crippen LogP contribution < -0.4 is 0 Å². The van der Waals surface area contributed by atoms with E-state index in [-0.39, 0.29) is 5.91 Å². The fourth-order valence-corrected chi connectivity index (χ4v) is 3.88. The molecule has 6 nitrogen and oxygen atoms in total. The molecule has 24 heavy (non-hydrogen) atoms. The first kappa shape index (κ1) is 17.5. The van der Waals surface area contributed by atoms with Crippen LogP contribution in [0.3, 0.4) is 0 Å². The number of rotatable bonds is 5. The summed E-state index contributed by atoms with van der Waals surface area (Å²) in [7, 11) is 1.62. The third kappa shape index (κ3) is 3.50. The quantitative estimate of drug-likeness (QED) is 0.822. The molecule has 0 N–H and O–H groups in total. The van der Waals surface area contributed by atoms with Crippen LogP contribution in [0, 0.1) is 12.8 Å². The standard InChI is InChI=1S/C18H28N2O4/c1-4-14-10-20(11-17(14)19-5-7-23-8-6-19)18(21)16-9-15(12-22-3)24-13(16)2/h9,14,17H,4-8,10-12H2,1-3H3/t14-,17+/m0/s1. The number of morpholine rings is 1. The van der Waals surface area contributed by atoms with Crippen LogP contribution in [0.1, 0.15) is 35.2 Å². The molecule has 2 saturated heterocycles. The SMILES string of the molecule is CC[C@H]1CN(C(=O)c2cc(COC)oc2C)C[C@H]1N1CCOCC1. The van der Waals surface area contributed by atoms with Gasteiger partial charge in [0.2, 0.25) is 0 Å². The average molecular weight is 336 g/mol. The van der Waals surface area contributed by atoms with Gasteiger partial charge in [-0.3, -0.25) is 9.69 Å². The van der Waals surface area contributed by atoms with Crippen molar-refractivity contribution in [3.63, 3.8) is 0 Å². The van der Waals surface area contributed by atoms with Crippen LogP contribution in [-0.4, -0.2) is 68.3 Å². The lowest BCUT2D eigenvalue weighted by Crippen LogP contribution is -2.47. The molecule has 3 heterocycles. The maximum atomic E-state index is 13.0. The summed E-state index contributed by atoms with van der Waals surface area (Å²) in [6.45, 7) is 9.58. The molecule has 0 bridgehead atoms. The van der Waals surface area contributed by atoms with E-state index in [0.29, 0.717) is 35.7 Å². The number of amides is 1. The zero-order valence-electron chi connectivity index (χ0n) is 14.9. The largest absolute Gasteiger partial charge is 0.463 e. The van der Waals surface area contributed by atoms with E-state index in [1.165, 1.54) is 0 Å². The van der Waals surface area contributed by atoms with Crippen LogP contribution in [0.2, 0.25) is 0 Å². The summed E-state index contributed by atoms with van der Waals surface area (Å²) in [4.78, 5) is 17.4. The fraction of sp³-hybridized carbons (Fsp3) is 0.722. The molecule has 6 heteroatoms. The lowest BCUT2D eigenvalue weighted by atomic mass is 9.99. The van der Waals surface area contributed by atoms with Crippen molar-refractivity contribution in [1.29, 1.82) is 0 Å². The van der Waals surface area contributed by atoms with Crippen molar-refractivity contribution >= 4 is 5.91 Å². The molecule has 0 aliphatic carbocycles. The molecule has 1 aromatic heterocycles. The van der Waals surface area contributed by atoms with Gasteiger partial charge in [-0.05, 0) is 18.9 Å². The van der Waals surface area contributed by atoms with Crippen molar-refractivity contribution in [1.82, 2.24) is 9.80 Å². The van der Waals surface area contributed by atoms with Crippen LogP contribution in [0.4, 0.5) is 0 Å². The highest BCUT2D eigenvalue weighted by Gasteiger charge is 2.38. The first-order chi connectivity index (χ1) is 11.6. The second-order valence-electron chi connectivity index (χ2n) is 6.71. The van der Waals surface area contributed by atoms with E-state index < -0.39 is 0 Å². The number of carbonyl (C=O) groups excluding carboxylic acids is 1. The highest BCUT2D eigenvalue weighted by atomic mass is 16.5. The first-order valence-electron chi connectivity index (χ1n) is 8.83. The van der Waals surface area contributed by atoms with Gasteiger partial charge in [-0.15, -0.1) is 0 Å². The van der Waals surface area contributed by atoms with Gasteiger partial charge in [-0.25, -0.2) is 0 Å². The highest BCUT2D eigenvalue weighted by Crippen LogP contribution is 2.28. The summed E-state index contributed by atoms with van der Waals surface area (Å²) in [6, 6.07) is 2.26. The Kier molecular flexibility index (Phi) is 5.58. The highest BCUT2D eigenvalue weighted by molar-refractivity contribution is 5.95. The fourth-order valence-electron chi connectivity index (χ4n) is 3.88. The maximum Gasteiger partial charge on any atom is 0.257 e. The predicted molar refractivity (Wildman–Crippen MR) is 90.0 cm³/mol. The van der Waals surface area contributed by atoms with E-state index >= 15 is 0 Å². The Bertz CT molecular complexity index is 565. The lowest BCUT2D eigenvalue weighted by molar-refractivity contribution is 0.0103. The topological polar surface area (TPSA) is 55.2 Å². The second kappa shape index (κ2) is 7.68. The van der Waals surface area contributed by atoms with Crippen LogP contribution >= 0.6 is 0 Å². The van der Waals surface area contributed by atoms with Gasteiger partial charge in [-0.2, -0.15) is 0 Å². The molecule has 0 radical (unpaired) electrons. The number of aryl methyl sites for hydroxylation is 1. The Morgan fingerprint density at radius 3 is 2.75 bits per heavy atom. The molecule has 2 fully saturated rings. The van der Waals surface area contributed by atoms with E-state index in [4.69, 9.17) is 13.9 Å². The summed E-state index contributed by atoms with van der Waals surface area (Å²) in [5.41, 5.74) is 0.666. The first-order valence-corrected chi connectivity index (χ1v) is 8.83. The lowest BCUT2D eigenvalue weighted by Gasteiger charge is -2.34. The summed E-state index contributed by atoms with van der Waals surface area (Å²) in [6.07, 6.45) is 1.09. The second-order valence-corrected chi connectivity index (χ2v) is 6.71. The van der Waals surface area contributed by atoms with E-state index in [9.17, 15) is 4.79 Å². The molecule has 3 rings (SSSR count). The van der Waals surface area contributed by atoms with Gasteiger partial charge in [0, 0.05) is 39.3 Å². The van der Waals surface area contributed by atoms with Gasteiger partial charge in [0.1, 0.15) is 18.1 Å². The Labute approximate surface area is 143 Å². The van der Waals surface area contributed by atoms with E-state index in [2.05, 4.69) is 11.8 Å². The molecular weight excluding hydrogens is 308 g/mol. The molecule has 0 unspecified atom stereocenters. The number of methoxy groups -OCH3 is 1. The van der Waals surface area contributed by atoms with Crippen molar-refractivity contribution in [3.05, 3.63) is 23.2 Å². The summed E-state index contributed by atoms with van der Waals surface area (Å²) < 4.78 is 16.2. The van der Waals surface area contributed by atoms with Gasteiger partial charge in [-0.1, -0.05) is 13.3 Å². The van der Waals surface area contributed by atoms with Crippen molar-refractivity contribution in [3.8, 4) is 0 Å². The minimum atomic E-state index is 0.0767. The molecule has 1 amide bonds. The number of nitrogens with zero attached hydrogens (tertiary/aromatic N) is 2. The summed E-state index contributed by atoms with van der Waals surface area (Å²) in [5, 5.41) is 0. The third-order valence-corrected chi connectivity index (χ3v) is 5.22. The molecular formula is C18H28N2O4. The Morgan fingerprint density at radius 1 is 1.33 bits per heavy atom. The minimum absolute atomic E-state index is 0.0767. The normalized spacial score (nSPS) is 25.4. The number of carbonyl (C=O) groups is 1. The Morgan fingerprint density at radius 2 is 2.08 bits per heavy atom. The van der Waals surface area contributed by atoms with Crippen molar-refractivity contribution < 1.29 is 18.7 Å². The molecule has 0 spiro atoms. The molecule has 1 aromatic rings. The Balaban J connectivity index is 1.71. The van der Waals surface area contributed by atoms with Crippen LogP contribution in [-0.2, 0) is 16.1 Å². The monoisotopic (exact) mass is 336 g/mol. The predicted octanol–water partition coefficient (Wildman–Crippen LogP) is 1.92. The third-order valence-electron chi connectivity index (χ3n) is 5.22. The number of furan rings is 1. The van der Waals surface area contributed by atoms with E-state index in [0.717, 1.165) is 45.8 Å². The van der Waals surface area contributed by atoms with Crippen LogP contribution in [0.15, 0.2) is 10.5 Å². The van der Waals surface area contributed by atoms with E-state index in [1.807, 2.05) is 17.9 Å². The molecule has 0 saturated carbocycles. The van der Waals surface area contributed by atoms with Crippen LogP contribution in [0.5, 0.6) is 0 Å². The summed E-state index contributed by atoms with van der Waals surface area (Å²) in [5.74, 6) is 1.98. The summed E-state index contributed by atoms with van der Waals surface area (Å²) >= 11 is 0. The zero-order valence-corrected chi connectivity index (χ0v) is 14.9. The van der Waals surface area contributed by atoms with Gasteiger partial charge >= 0.3 is 0 Å². The van der Waals surface area contributed by atoms with Crippen molar-refractivity contribution in [2.75, 3.05) is 46.5 Å². The molecule has 0 aromatic carbocycles. The van der Waals surface area contributed by atoms with Gasteiger partial charge in [0.05, 0.1) is 18.8 Å². The number of ether oxygens (including phenoxy) is 2. The minimum Gasteiger partial charge on any atom is -0.463 e. The smallest absolute Gasteiger partial charge is 0.257 e. The average Bonchev–Trinajstić information content (AvgIpc) is 3.19. The van der Waals surface area contributed by atoms with E-state index in [1.54, 1.807) is 7.11 Å². The molecule has 2 aliphatic heterocycles. The molecule has 2 aliphatic rings. The zero-order chi connectivity index (χ0) is 17.1. The van der Waals surface area contributed by atoms with Crippen molar-refractivity contribution in [2.24, 2.45) is 5.92 Å². The van der Waals surface area contributed by atoms with Crippen LogP contribution in [0.25, 0.3) is 0 Å². The number of likely N-dealkylation sites (tertiary alicyclic amines) is 1. The molecule has 2 atom stereocenters. The van der Waals surface area contributed by atoms with Gasteiger partial charge in [0.25, 0.3) is 5.91 Å². The van der Waals surface area contributed by atoms with Gasteiger partial charge in [0.15, 0.2) is 0 Å².